The van der Waals surface area contributed by atoms with E-state index < -0.39 is 29.9 Å². The maximum Gasteiger partial charge on any atom is 0.490 e. The molecular weight excluding hydrogens is 620 g/mol. The second-order valence-corrected chi connectivity index (χ2v) is 10.0. The molecule has 1 spiro atoms. The summed E-state index contributed by atoms with van der Waals surface area (Å²) in [6, 6.07) is 13.2. The van der Waals surface area contributed by atoms with Crippen LogP contribution in [0.25, 0.3) is 10.9 Å². The van der Waals surface area contributed by atoms with Crippen LogP contribution in [0, 0.1) is 0 Å². The predicted octanol–water partition coefficient (Wildman–Crippen LogP) is 2.67. The van der Waals surface area contributed by atoms with Crippen LogP contribution in [0.2, 0.25) is 0 Å². The Labute approximate surface area is 250 Å². The molecule has 2 aliphatic rings. The van der Waals surface area contributed by atoms with E-state index in [2.05, 4.69) is 15.3 Å². The molecule has 0 radical (unpaired) electrons. The highest BCUT2D eigenvalue weighted by Crippen LogP contribution is 2.32. The van der Waals surface area contributed by atoms with Crippen molar-refractivity contribution in [1.29, 1.82) is 0 Å². The Morgan fingerprint density at radius 1 is 1.00 bits per heavy atom. The summed E-state index contributed by atoms with van der Waals surface area (Å²) in [4.78, 5) is 54.3. The first kappa shape index (κ1) is 34.8. The van der Waals surface area contributed by atoms with Crippen LogP contribution < -0.4 is 5.32 Å². The lowest BCUT2D eigenvalue weighted by Gasteiger charge is -2.54. The van der Waals surface area contributed by atoms with E-state index in [9.17, 15) is 35.9 Å². The van der Waals surface area contributed by atoms with Gasteiger partial charge in [-0.05, 0) is 30.8 Å². The van der Waals surface area contributed by atoms with Crippen LogP contribution in [0.1, 0.15) is 16.1 Å². The lowest BCUT2D eigenvalue weighted by Crippen LogP contribution is -2.73. The molecule has 12 nitrogen and oxygen atoms in total. The van der Waals surface area contributed by atoms with Crippen molar-refractivity contribution in [2.24, 2.45) is 0 Å². The van der Waals surface area contributed by atoms with Crippen molar-refractivity contribution in [3.63, 3.8) is 0 Å². The highest BCUT2D eigenvalue weighted by atomic mass is 19.4. The van der Waals surface area contributed by atoms with E-state index in [-0.39, 0.29) is 17.9 Å². The molecule has 244 valence electrons. The Morgan fingerprint density at radius 2 is 1.60 bits per heavy atom. The number of para-hydroxylation sites is 1. The van der Waals surface area contributed by atoms with E-state index in [1.165, 1.54) is 0 Å². The number of amides is 2. The number of benzene rings is 1. The zero-order valence-electron chi connectivity index (χ0n) is 23.4. The fourth-order valence-corrected chi connectivity index (χ4v) is 4.42. The Kier molecular flexibility index (Phi) is 10.8. The molecule has 1 atom stereocenters. The summed E-state index contributed by atoms with van der Waals surface area (Å²) in [6.45, 7) is 2.40. The smallest absolute Gasteiger partial charge is 0.475 e. The maximum absolute atomic E-state index is 12.9. The Morgan fingerprint density at radius 3 is 2.11 bits per heavy atom. The first-order valence-electron chi connectivity index (χ1n) is 12.9. The van der Waals surface area contributed by atoms with Gasteiger partial charge in [-0.25, -0.2) is 9.59 Å². The number of alkyl halides is 6. The van der Waals surface area contributed by atoms with Gasteiger partial charge in [-0.15, -0.1) is 0 Å². The number of carbonyl (C=O) groups excluding carboxylic acids is 2. The summed E-state index contributed by atoms with van der Waals surface area (Å²) in [5.41, 5.74) is 2.09. The van der Waals surface area contributed by atoms with Gasteiger partial charge in [0.25, 0.3) is 5.91 Å². The minimum absolute atomic E-state index is 0.0237. The number of likely N-dealkylation sites (N-methyl/N-ethyl adjacent to an activating group) is 1. The van der Waals surface area contributed by atoms with Crippen molar-refractivity contribution in [3.8, 4) is 0 Å². The number of likely N-dealkylation sites (tertiary alicyclic amines) is 1. The van der Waals surface area contributed by atoms with E-state index in [0.717, 1.165) is 16.5 Å². The van der Waals surface area contributed by atoms with Gasteiger partial charge in [0, 0.05) is 36.4 Å². The van der Waals surface area contributed by atoms with Crippen LogP contribution in [-0.2, 0) is 25.7 Å². The maximum atomic E-state index is 12.9. The number of aromatic nitrogens is 2. The number of carbonyl (C=O) groups is 4. The third-order valence-electron chi connectivity index (χ3n) is 6.60. The number of halogens is 6. The zero-order valence-corrected chi connectivity index (χ0v) is 23.4. The fourth-order valence-electron chi connectivity index (χ4n) is 4.42. The third kappa shape index (κ3) is 9.39. The van der Waals surface area contributed by atoms with Gasteiger partial charge in [-0.1, -0.05) is 24.3 Å². The number of nitrogens with one attached hydrogen (secondary N) is 2. The molecule has 2 fully saturated rings. The molecule has 0 saturated carbocycles. The van der Waals surface area contributed by atoms with Gasteiger partial charge in [0.05, 0.1) is 19.7 Å². The van der Waals surface area contributed by atoms with E-state index >= 15 is 0 Å². The standard InChI is InChI=1S/C23H25N5O3.2C2HF3O2/c1-27-13-23(31-12-20(27)21(29)25-11-16-5-4-8-24-10-16)14-28(15-23)22(30)19-9-17-6-2-3-7-18(17)26-19;2*3-2(4,5)1(6)7/h2-10,20,26H,11-15H2,1H3,(H,25,29);2*(H,6,7). The number of ether oxygens (including phenoxy) is 1. The van der Waals surface area contributed by atoms with Crippen molar-refractivity contribution in [1.82, 2.24) is 25.1 Å². The second-order valence-electron chi connectivity index (χ2n) is 10.0. The van der Waals surface area contributed by atoms with E-state index in [1.807, 2.05) is 54.4 Å². The van der Waals surface area contributed by atoms with Crippen molar-refractivity contribution in [2.75, 3.05) is 33.3 Å². The van der Waals surface area contributed by atoms with Crippen LogP contribution in [-0.4, -0.2) is 111 Å². The number of hydrogen-bond donors (Lipinski definition) is 4. The number of carboxylic acids is 2. The van der Waals surface area contributed by atoms with Gasteiger partial charge >= 0.3 is 24.3 Å². The van der Waals surface area contributed by atoms with Gasteiger partial charge in [-0.3, -0.25) is 19.5 Å². The molecule has 2 amide bonds. The molecule has 0 aliphatic carbocycles. The number of morpholine rings is 1. The number of hydrogen-bond acceptors (Lipinski definition) is 7. The monoisotopic (exact) mass is 647 g/mol. The highest BCUT2D eigenvalue weighted by molar-refractivity contribution is 5.98. The quantitative estimate of drug-likeness (QED) is 0.312. The summed E-state index contributed by atoms with van der Waals surface area (Å²) in [5.74, 6) is -5.60. The lowest BCUT2D eigenvalue weighted by molar-refractivity contribution is -0.193. The Bertz CT molecular complexity index is 1450. The van der Waals surface area contributed by atoms with Gasteiger partial charge < -0.3 is 30.2 Å². The summed E-state index contributed by atoms with van der Waals surface area (Å²) in [7, 11) is 1.93. The van der Waals surface area contributed by atoms with Crippen LogP contribution >= 0.6 is 0 Å². The van der Waals surface area contributed by atoms with Crippen LogP contribution in [0.3, 0.4) is 0 Å². The molecule has 45 heavy (non-hydrogen) atoms. The molecule has 2 aliphatic heterocycles. The molecule has 2 aromatic heterocycles. The number of fused-ring (bicyclic) bond motifs is 1. The third-order valence-corrected chi connectivity index (χ3v) is 6.60. The number of aliphatic carboxylic acids is 2. The molecular formula is C27H27F6N5O7. The first-order valence-corrected chi connectivity index (χ1v) is 12.9. The van der Waals surface area contributed by atoms with Crippen LogP contribution in [0.4, 0.5) is 26.3 Å². The molecule has 18 heteroatoms. The predicted molar refractivity (Wildman–Crippen MR) is 143 cm³/mol. The highest BCUT2D eigenvalue weighted by Gasteiger charge is 2.51. The van der Waals surface area contributed by atoms with Crippen molar-refractivity contribution in [3.05, 3.63) is 66.1 Å². The SMILES string of the molecule is CN1CC2(CN(C(=O)c3cc4ccccc4[nH]3)C2)OCC1C(=O)NCc1cccnc1.O=C(O)C(F)(F)F.O=C(O)C(F)(F)F. The number of aromatic amines is 1. The number of rotatable bonds is 4. The number of nitrogens with zero attached hydrogens (tertiary/aromatic N) is 3. The van der Waals surface area contributed by atoms with Crippen LogP contribution in [0.5, 0.6) is 0 Å². The normalized spacial score (nSPS) is 17.7. The molecule has 0 bridgehead atoms. The summed E-state index contributed by atoms with van der Waals surface area (Å²) in [5, 5.41) is 18.2. The summed E-state index contributed by atoms with van der Waals surface area (Å²) >= 11 is 0. The van der Waals surface area contributed by atoms with E-state index in [0.29, 0.717) is 38.5 Å². The molecule has 3 aromatic rings. The largest absolute Gasteiger partial charge is 0.490 e. The molecule has 2 saturated heterocycles. The van der Waals surface area contributed by atoms with E-state index in [1.54, 1.807) is 17.3 Å². The average Bonchev–Trinajstić information content (AvgIpc) is 3.39. The Hall–Kier alpha value is -4.71. The number of pyridine rings is 1. The topological polar surface area (TPSA) is 165 Å². The van der Waals surface area contributed by atoms with E-state index in [4.69, 9.17) is 24.5 Å². The Balaban J connectivity index is 0.000000331. The van der Waals surface area contributed by atoms with Gasteiger partial charge in [0.2, 0.25) is 5.91 Å². The first-order chi connectivity index (χ1) is 20.9. The van der Waals surface area contributed by atoms with Gasteiger partial charge in [-0.2, -0.15) is 26.3 Å². The summed E-state index contributed by atoms with van der Waals surface area (Å²) < 4.78 is 69.6. The number of carboxylic acid groups (broad SMARTS) is 2. The molecule has 1 unspecified atom stereocenters. The van der Waals surface area contributed by atoms with Gasteiger partial charge in [0.1, 0.15) is 17.3 Å². The summed E-state index contributed by atoms with van der Waals surface area (Å²) in [6.07, 6.45) is -6.72. The zero-order chi connectivity index (χ0) is 33.6. The van der Waals surface area contributed by atoms with Crippen molar-refractivity contribution in [2.45, 2.75) is 30.5 Å². The molecule has 5 rings (SSSR count). The van der Waals surface area contributed by atoms with Crippen molar-refractivity contribution < 1.29 is 60.5 Å². The van der Waals surface area contributed by atoms with Crippen molar-refractivity contribution >= 4 is 34.7 Å². The molecule has 4 N–H and O–H groups in total. The lowest BCUT2D eigenvalue weighted by atomic mass is 9.90. The minimum atomic E-state index is -5.08. The second kappa shape index (κ2) is 13.9. The molecule has 1 aromatic carbocycles. The van der Waals surface area contributed by atoms with Crippen LogP contribution in [0.15, 0.2) is 54.9 Å². The minimum Gasteiger partial charge on any atom is -0.475 e. The fraction of sp³-hybridized carbons (Fsp3) is 0.370. The molecule has 4 heterocycles. The van der Waals surface area contributed by atoms with Gasteiger partial charge in [0.15, 0.2) is 0 Å². The average molecular weight is 648 g/mol. The number of H-pyrrole nitrogens is 1.